The maximum Gasteiger partial charge on any atom is 0.262 e. The minimum absolute atomic E-state index is 0.111. The highest BCUT2D eigenvalue weighted by Gasteiger charge is 2.11. The lowest BCUT2D eigenvalue weighted by atomic mass is 10.1. The Kier molecular flexibility index (Phi) is 5.99. The Balaban J connectivity index is 1.67. The molecule has 4 nitrogen and oxygen atoms in total. The van der Waals surface area contributed by atoms with E-state index >= 15 is 0 Å². The van der Waals surface area contributed by atoms with Gasteiger partial charge >= 0.3 is 0 Å². The summed E-state index contributed by atoms with van der Waals surface area (Å²) < 4.78 is 11.4. The minimum Gasteiger partial charge on any atom is -0.484 e. The molecule has 0 spiro atoms. The Labute approximate surface area is 163 Å². The molecule has 3 rings (SSSR count). The smallest absolute Gasteiger partial charge is 0.262 e. The van der Waals surface area contributed by atoms with E-state index in [-0.39, 0.29) is 12.5 Å². The first-order valence-corrected chi connectivity index (χ1v) is 8.91. The van der Waals surface area contributed by atoms with Crippen LogP contribution in [0.25, 0.3) is 0 Å². The van der Waals surface area contributed by atoms with Gasteiger partial charge in [0.2, 0.25) is 0 Å². The lowest BCUT2D eigenvalue weighted by Crippen LogP contribution is -2.20. The second-order valence-corrected chi connectivity index (χ2v) is 6.57. The zero-order valence-corrected chi connectivity index (χ0v) is 15.9. The molecule has 0 aliphatic carbocycles. The number of ether oxygens (including phenoxy) is 2. The number of carbonyl (C=O) groups is 1. The fourth-order valence-corrected chi connectivity index (χ4v) is 2.62. The topological polar surface area (TPSA) is 47.6 Å². The molecule has 3 aromatic carbocycles. The molecule has 0 bridgehead atoms. The molecular formula is C22H20ClNO3. The summed E-state index contributed by atoms with van der Waals surface area (Å²) in [5, 5.41) is 3.30. The van der Waals surface area contributed by atoms with Gasteiger partial charge in [0.1, 0.15) is 11.5 Å². The molecular weight excluding hydrogens is 362 g/mol. The number of carbonyl (C=O) groups excluding carboxylic acids is 1. The van der Waals surface area contributed by atoms with Crippen molar-refractivity contribution in [2.24, 2.45) is 0 Å². The fraction of sp³-hybridized carbons (Fsp3) is 0.136. The van der Waals surface area contributed by atoms with Crippen LogP contribution in [0.5, 0.6) is 17.2 Å². The van der Waals surface area contributed by atoms with Crippen molar-refractivity contribution in [2.45, 2.75) is 13.8 Å². The Bertz CT molecular complexity index is 942. The normalized spacial score (nSPS) is 10.3. The number of benzene rings is 3. The third-order valence-corrected chi connectivity index (χ3v) is 4.27. The van der Waals surface area contributed by atoms with Gasteiger partial charge in [0.05, 0.1) is 5.69 Å². The highest BCUT2D eigenvalue weighted by Crippen LogP contribution is 2.32. The van der Waals surface area contributed by atoms with Gasteiger partial charge < -0.3 is 14.8 Å². The summed E-state index contributed by atoms with van der Waals surface area (Å²) in [7, 11) is 0. The van der Waals surface area contributed by atoms with Crippen LogP contribution in [0.2, 0.25) is 5.02 Å². The van der Waals surface area contributed by atoms with Gasteiger partial charge in [-0.25, -0.2) is 0 Å². The first-order valence-electron chi connectivity index (χ1n) is 8.53. The van der Waals surface area contributed by atoms with E-state index in [1.165, 1.54) is 5.56 Å². The molecule has 1 N–H and O–H groups in total. The Morgan fingerprint density at radius 2 is 1.70 bits per heavy atom. The van der Waals surface area contributed by atoms with Crippen LogP contribution in [-0.4, -0.2) is 12.5 Å². The van der Waals surface area contributed by atoms with E-state index in [2.05, 4.69) is 5.32 Å². The van der Waals surface area contributed by atoms with Crippen LogP contribution in [0.15, 0.2) is 66.7 Å². The van der Waals surface area contributed by atoms with Crippen molar-refractivity contribution in [3.8, 4) is 17.2 Å². The monoisotopic (exact) mass is 381 g/mol. The molecule has 1 amide bonds. The van der Waals surface area contributed by atoms with Crippen LogP contribution in [0.4, 0.5) is 5.69 Å². The van der Waals surface area contributed by atoms with Crippen molar-refractivity contribution in [3.63, 3.8) is 0 Å². The first kappa shape index (κ1) is 18.8. The van der Waals surface area contributed by atoms with E-state index in [4.69, 9.17) is 21.1 Å². The number of hydrogen-bond acceptors (Lipinski definition) is 3. The standard InChI is InChI=1S/C22H20ClNO3/c1-15-8-10-19(12-16(15)2)26-14-22(25)24-20-13-17(23)9-11-21(20)27-18-6-4-3-5-7-18/h3-13H,14H2,1-2H3,(H,24,25). The molecule has 0 atom stereocenters. The molecule has 0 saturated carbocycles. The van der Waals surface area contributed by atoms with Gasteiger partial charge in [0.15, 0.2) is 12.4 Å². The average Bonchev–Trinajstić information content (AvgIpc) is 2.66. The van der Waals surface area contributed by atoms with Crippen molar-refractivity contribution in [1.29, 1.82) is 0 Å². The molecule has 0 aromatic heterocycles. The molecule has 0 unspecified atom stereocenters. The van der Waals surface area contributed by atoms with Crippen LogP contribution >= 0.6 is 11.6 Å². The van der Waals surface area contributed by atoms with Crippen LogP contribution in [-0.2, 0) is 4.79 Å². The van der Waals surface area contributed by atoms with E-state index < -0.39 is 0 Å². The lowest BCUT2D eigenvalue weighted by Gasteiger charge is -2.13. The molecule has 0 saturated heterocycles. The summed E-state index contributed by atoms with van der Waals surface area (Å²) in [4.78, 5) is 12.3. The molecule has 5 heteroatoms. The highest BCUT2D eigenvalue weighted by atomic mass is 35.5. The van der Waals surface area contributed by atoms with Crippen molar-refractivity contribution >= 4 is 23.2 Å². The van der Waals surface area contributed by atoms with Crippen LogP contribution in [0.1, 0.15) is 11.1 Å². The second-order valence-electron chi connectivity index (χ2n) is 6.14. The number of amides is 1. The predicted octanol–water partition coefficient (Wildman–Crippen LogP) is 5.77. The molecule has 0 aliphatic heterocycles. The number of rotatable bonds is 6. The molecule has 0 heterocycles. The van der Waals surface area contributed by atoms with Crippen LogP contribution in [0.3, 0.4) is 0 Å². The predicted molar refractivity (Wildman–Crippen MR) is 108 cm³/mol. The number of anilines is 1. The van der Waals surface area contributed by atoms with Crippen LogP contribution < -0.4 is 14.8 Å². The van der Waals surface area contributed by atoms with Crippen molar-refractivity contribution in [3.05, 3.63) is 82.9 Å². The molecule has 3 aromatic rings. The Morgan fingerprint density at radius 3 is 2.44 bits per heavy atom. The van der Waals surface area contributed by atoms with E-state index in [1.54, 1.807) is 18.2 Å². The van der Waals surface area contributed by atoms with Gasteiger partial charge in [0, 0.05) is 5.02 Å². The summed E-state index contributed by atoms with van der Waals surface area (Å²) in [6, 6.07) is 20.1. The fourth-order valence-electron chi connectivity index (χ4n) is 2.44. The quantitative estimate of drug-likeness (QED) is 0.589. The molecule has 0 fully saturated rings. The van der Waals surface area contributed by atoms with E-state index in [0.29, 0.717) is 28.0 Å². The van der Waals surface area contributed by atoms with Gasteiger partial charge in [0.25, 0.3) is 5.91 Å². The highest BCUT2D eigenvalue weighted by molar-refractivity contribution is 6.31. The number of para-hydroxylation sites is 1. The van der Waals surface area contributed by atoms with E-state index in [0.717, 1.165) is 5.56 Å². The van der Waals surface area contributed by atoms with E-state index in [9.17, 15) is 4.79 Å². The third-order valence-electron chi connectivity index (χ3n) is 4.04. The number of nitrogens with one attached hydrogen (secondary N) is 1. The lowest BCUT2D eigenvalue weighted by molar-refractivity contribution is -0.118. The summed E-state index contributed by atoms with van der Waals surface area (Å²) in [5.74, 6) is 1.53. The minimum atomic E-state index is -0.298. The Morgan fingerprint density at radius 1 is 0.926 bits per heavy atom. The molecule has 0 radical (unpaired) electrons. The molecule has 27 heavy (non-hydrogen) atoms. The SMILES string of the molecule is Cc1ccc(OCC(=O)Nc2cc(Cl)ccc2Oc2ccccc2)cc1C. The molecule has 0 aliphatic rings. The summed E-state index contributed by atoms with van der Waals surface area (Å²) >= 11 is 6.07. The number of halogens is 1. The largest absolute Gasteiger partial charge is 0.484 e. The first-order chi connectivity index (χ1) is 13.0. The second kappa shape index (κ2) is 8.60. The van der Waals surface area contributed by atoms with Crippen molar-refractivity contribution in [1.82, 2.24) is 0 Å². The van der Waals surface area contributed by atoms with Crippen molar-refractivity contribution in [2.75, 3.05) is 11.9 Å². The summed E-state index contributed by atoms with van der Waals surface area (Å²) in [5.41, 5.74) is 2.77. The Hall–Kier alpha value is -2.98. The summed E-state index contributed by atoms with van der Waals surface area (Å²) in [6.45, 7) is 3.92. The maximum atomic E-state index is 12.3. The number of hydrogen-bond donors (Lipinski definition) is 1. The van der Waals surface area contributed by atoms with E-state index in [1.807, 2.05) is 62.4 Å². The average molecular weight is 382 g/mol. The zero-order chi connectivity index (χ0) is 19.2. The van der Waals surface area contributed by atoms with Gasteiger partial charge in [-0.2, -0.15) is 0 Å². The van der Waals surface area contributed by atoms with Gasteiger partial charge in [-0.3, -0.25) is 4.79 Å². The third kappa shape index (κ3) is 5.25. The zero-order valence-electron chi connectivity index (χ0n) is 15.2. The van der Waals surface area contributed by atoms with Gasteiger partial charge in [-0.1, -0.05) is 35.9 Å². The van der Waals surface area contributed by atoms with Gasteiger partial charge in [-0.05, 0) is 67.4 Å². The maximum absolute atomic E-state index is 12.3. The number of aryl methyl sites for hydroxylation is 2. The van der Waals surface area contributed by atoms with Gasteiger partial charge in [-0.15, -0.1) is 0 Å². The summed E-state index contributed by atoms with van der Waals surface area (Å²) in [6.07, 6.45) is 0. The molecule has 138 valence electrons. The van der Waals surface area contributed by atoms with Crippen LogP contribution in [0, 0.1) is 13.8 Å². The van der Waals surface area contributed by atoms with Crippen molar-refractivity contribution < 1.29 is 14.3 Å².